The van der Waals surface area contributed by atoms with Gasteiger partial charge in [-0.05, 0) is 12.1 Å². The smallest absolute Gasteiger partial charge is 0.0267 e. The van der Waals surface area contributed by atoms with E-state index in [1.54, 1.807) is 12.4 Å². The van der Waals surface area contributed by atoms with Crippen molar-refractivity contribution in [2.24, 2.45) is 0 Å². The third-order valence-electron chi connectivity index (χ3n) is 0.566. The van der Waals surface area contributed by atoms with Gasteiger partial charge in [0.1, 0.15) is 0 Å². The van der Waals surface area contributed by atoms with E-state index in [0.29, 0.717) is 0 Å². The molecule has 1 aromatic heterocycles. The van der Waals surface area contributed by atoms with Gasteiger partial charge in [0.15, 0.2) is 0 Å². The first kappa shape index (κ1) is 16.3. The molecule has 9 heavy (non-hydrogen) atoms. The van der Waals surface area contributed by atoms with Crippen molar-refractivity contribution in [3.63, 3.8) is 0 Å². The van der Waals surface area contributed by atoms with Crippen LogP contribution in [-0.2, 0) is 33.8 Å². The van der Waals surface area contributed by atoms with Gasteiger partial charge in [0.2, 0.25) is 0 Å². The molecule has 1 heterocycles. The molecular weight excluding hydrogens is 268 g/mol. The maximum Gasteiger partial charge on any atom is 0.0267 e. The number of aromatic nitrogens is 1. The molecule has 1 nitrogen and oxygen atoms in total. The standard InChI is InChI=1S/C5H5N.BrH.Co.Mn/c1-2-4-6-5-3-1;;;/h1-5H;1H;;. The molecule has 0 spiro atoms. The molecule has 1 rings (SSSR count). The molecule has 0 saturated carbocycles. The second-order valence-electron chi connectivity index (χ2n) is 1.02. The fourth-order valence-corrected chi connectivity index (χ4v) is 0.313. The zero-order chi connectivity index (χ0) is 4.24. The van der Waals surface area contributed by atoms with E-state index in [1.165, 1.54) is 0 Å². The number of nitrogens with zero attached hydrogens (tertiary/aromatic N) is 1. The number of rotatable bonds is 0. The third-order valence-corrected chi connectivity index (χ3v) is 0.566. The molecule has 1 aromatic rings. The minimum Gasteiger partial charge on any atom is -0.265 e. The van der Waals surface area contributed by atoms with Crippen molar-refractivity contribution in [1.82, 2.24) is 4.98 Å². The van der Waals surface area contributed by atoms with Crippen LogP contribution in [0.2, 0.25) is 0 Å². The Morgan fingerprint density at radius 1 is 0.889 bits per heavy atom. The molecule has 0 aromatic carbocycles. The van der Waals surface area contributed by atoms with Crippen LogP contribution in [0.3, 0.4) is 0 Å². The first-order valence-corrected chi connectivity index (χ1v) is 1.85. The minimum absolute atomic E-state index is 0. The predicted molar refractivity (Wildman–Crippen MR) is 34.6 cm³/mol. The normalized spacial score (nSPS) is 5.33. The van der Waals surface area contributed by atoms with Crippen LogP contribution < -0.4 is 0 Å². The van der Waals surface area contributed by atoms with Gasteiger partial charge in [-0.3, -0.25) is 4.98 Å². The Hall–Kier alpha value is 0.656. The van der Waals surface area contributed by atoms with Gasteiger partial charge in [-0.25, -0.2) is 0 Å². The molecule has 0 saturated heterocycles. The van der Waals surface area contributed by atoms with Crippen molar-refractivity contribution in [2.75, 3.05) is 0 Å². The Morgan fingerprint density at radius 3 is 1.44 bits per heavy atom. The molecule has 0 fully saturated rings. The average Bonchev–Trinajstić information content (AvgIpc) is 1.72. The molecular formula is C5H6BrCoMnN. The van der Waals surface area contributed by atoms with Crippen molar-refractivity contribution in [3.8, 4) is 0 Å². The van der Waals surface area contributed by atoms with Crippen LogP contribution in [0.1, 0.15) is 0 Å². The summed E-state index contributed by atoms with van der Waals surface area (Å²) < 4.78 is 0. The summed E-state index contributed by atoms with van der Waals surface area (Å²) in [6.07, 6.45) is 3.50. The molecule has 2 radical (unpaired) electrons. The SMILES string of the molecule is Br.[Co].[Mn].c1ccncc1. The van der Waals surface area contributed by atoms with Gasteiger partial charge in [0.05, 0.1) is 0 Å². The largest absolute Gasteiger partial charge is 0.265 e. The van der Waals surface area contributed by atoms with Gasteiger partial charge in [0.25, 0.3) is 0 Å². The molecule has 54 valence electrons. The number of halogens is 1. The Morgan fingerprint density at radius 2 is 1.33 bits per heavy atom. The topological polar surface area (TPSA) is 12.9 Å². The van der Waals surface area contributed by atoms with Crippen molar-refractivity contribution in [3.05, 3.63) is 30.6 Å². The van der Waals surface area contributed by atoms with Gasteiger partial charge in [0, 0.05) is 46.2 Å². The molecule has 0 unspecified atom stereocenters. The summed E-state index contributed by atoms with van der Waals surface area (Å²) in [6.45, 7) is 0. The maximum absolute atomic E-state index is 3.78. The van der Waals surface area contributed by atoms with Gasteiger partial charge in [-0.2, -0.15) is 0 Å². The van der Waals surface area contributed by atoms with E-state index in [9.17, 15) is 0 Å². The molecule has 0 amide bonds. The van der Waals surface area contributed by atoms with E-state index < -0.39 is 0 Å². The van der Waals surface area contributed by atoms with Crippen LogP contribution in [0.15, 0.2) is 30.6 Å². The quantitative estimate of drug-likeness (QED) is 0.655. The van der Waals surface area contributed by atoms with Crippen molar-refractivity contribution in [2.45, 2.75) is 0 Å². The first-order valence-electron chi connectivity index (χ1n) is 1.85. The number of hydrogen-bond donors (Lipinski definition) is 0. The monoisotopic (exact) mass is 273 g/mol. The summed E-state index contributed by atoms with van der Waals surface area (Å²) in [4.78, 5) is 3.78. The van der Waals surface area contributed by atoms with Crippen LogP contribution in [0.25, 0.3) is 0 Å². The molecule has 0 bridgehead atoms. The zero-order valence-electron chi connectivity index (χ0n) is 4.45. The second kappa shape index (κ2) is 11.5. The van der Waals surface area contributed by atoms with E-state index in [-0.39, 0.29) is 50.8 Å². The summed E-state index contributed by atoms with van der Waals surface area (Å²) in [5, 5.41) is 0. The number of hydrogen-bond acceptors (Lipinski definition) is 1. The Bertz CT molecular complexity index is 88.9. The molecule has 0 N–H and O–H groups in total. The van der Waals surface area contributed by atoms with Crippen LogP contribution in [0, 0.1) is 0 Å². The van der Waals surface area contributed by atoms with Gasteiger partial charge in [-0.1, -0.05) is 6.07 Å². The van der Waals surface area contributed by atoms with E-state index >= 15 is 0 Å². The fourth-order valence-electron chi connectivity index (χ4n) is 0.313. The average molecular weight is 274 g/mol. The Labute approximate surface area is 86.1 Å². The maximum atomic E-state index is 3.78. The second-order valence-corrected chi connectivity index (χ2v) is 1.02. The van der Waals surface area contributed by atoms with Gasteiger partial charge >= 0.3 is 0 Å². The van der Waals surface area contributed by atoms with Crippen LogP contribution in [-0.4, -0.2) is 4.98 Å². The zero-order valence-corrected chi connectivity index (χ0v) is 8.39. The Kier molecular flexibility index (Phi) is 20.8. The molecule has 0 aliphatic heterocycles. The predicted octanol–water partition coefficient (Wildman–Crippen LogP) is 1.65. The summed E-state index contributed by atoms with van der Waals surface area (Å²) in [5.74, 6) is 0. The van der Waals surface area contributed by atoms with Crippen LogP contribution >= 0.6 is 17.0 Å². The van der Waals surface area contributed by atoms with Crippen LogP contribution in [0.4, 0.5) is 0 Å². The van der Waals surface area contributed by atoms with Gasteiger partial charge in [-0.15, -0.1) is 17.0 Å². The molecule has 0 atom stereocenters. The molecule has 0 aliphatic carbocycles. The summed E-state index contributed by atoms with van der Waals surface area (Å²) in [5.41, 5.74) is 0. The Balaban J connectivity index is -0.000000120. The van der Waals surface area contributed by atoms with E-state index in [0.717, 1.165) is 0 Å². The summed E-state index contributed by atoms with van der Waals surface area (Å²) >= 11 is 0. The summed E-state index contributed by atoms with van der Waals surface area (Å²) in [6, 6.07) is 5.72. The number of pyridine rings is 1. The molecule has 0 aliphatic rings. The van der Waals surface area contributed by atoms with Gasteiger partial charge < -0.3 is 0 Å². The van der Waals surface area contributed by atoms with E-state index in [2.05, 4.69) is 4.98 Å². The molecule has 4 heteroatoms. The first-order chi connectivity index (χ1) is 3.00. The third kappa shape index (κ3) is 8.66. The van der Waals surface area contributed by atoms with Crippen molar-refractivity contribution >= 4 is 17.0 Å². The minimum atomic E-state index is 0. The van der Waals surface area contributed by atoms with Crippen molar-refractivity contribution in [1.29, 1.82) is 0 Å². The van der Waals surface area contributed by atoms with E-state index in [1.807, 2.05) is 18.2 Å². The van der Waals surface area contributed by atoms with Crippen molar-refractivity contribution < 1.29 is 33.8 Å². The summed E-state index contributed by atoms with van der Waals surface area (Å²) in [7, 11) is 0. The van der Waals surface area contributed by atoms with E-state index in [4.69, 9.17) is 0 Å². The van der Waals surface area contributed by atoms with Crippen LogP contribution in [0.5, 0.6) is 0 Å². The fraction of sp³-hybridized carbons (Fsp3) is 0.